The molecule has 0 aliphatic heterocycles. The Morgan fingerprint density at radius 3 is 2.52 bits per heavy atom. The van der Waals surface area contributed by atoms with Crippen molar-refractivity contribution in [2.75, 3.05) is 19.0 Å². The van der Waals surface area contributed by atoms with E-state index in [0.29, 0.717) is 12.1 Å². The van der Waals surface area contributed by atoms with Crippen LogP contribution in [0.5, 0.6) is 0 Å². The van der Waals surface area contributed by atoms with Crippen LogP contribution in [-0.4, -0.2) is 29.8 Å². The van der Waals surface area contributed by atoms with Gasteiger partial charge in [0, 0.05) is 25.7 Å². The standard InChI is InChI=1S/C14H17N5O2/c1-18(2)12-7-13(20)19(16-8-12)9-10-3-5-11(6-4-10)14(21)17-15/h3-8H,9,15H2,1-2H3,(H,17,21). The van der Waals surface area contributed by atoms with E-state index < -0.39 is 0 Å². The molecule has 1 aromatic carbocycles. The van der Waals surface area contributed by atoms with Crippen LogP contribution in [0.15, 0.2) is 41.3 Å². The number of nitrogens with one attached hydrogen (secondary N) is 1. The van der Waals surface area contributed by atoms with Gasteiger partial charge in [0.2, 0.25) is 0 Å². The van der Waals surface area contributed by atoms with E-state index in [0.717, 1.165) is 11.3 Å². The molecule has 0 unspecified atom stereocenters. The summed E-state index contributed by atoms with van der Waals surface area (Å²) >= 11 is 0. The van der Waals surface area contributed by atoms with E-state index in [2.05, 4.69) is 10.5 Å². The maximum absolute atomic E-state index is 12.0. The first-order valence-corrected chi connectivity index (χ1v) is 6.35. The van der Waals surface area contributed by atoms with Crippen LogP contribution in [0.1, 0.15) is 15.9 Å². The zero-order chi connectivity index (χ0) is 15.4. The molecule has 2 aromatic rings. The lowest BCUT2D eigenvalue weighted by Gasteiger charge is -2.12. The zero-order valence-corrected chi connectivity index (χ0v) is 11.9. The Kier molecular flexibility index (Phi) is 4.34. The topological polar surface area (TPSA) is 93.2 Å². The number of hydrogen-bond acceptors (Lipinski definition) is 5. The van der Waals surface area contributed by atoms with Gasteiger partial charge in [-0.15, -0.1) is 0 Å². The van der Waals surface area contributed by atoms with Gasteiger partial charge in [-0.1, -0.05) is 12.1 Å². The molecule has 1 heterocycles. The summed E-state index contributed by atoms with van der Waals surface area (Å²) in [5.41, 5.74) is 3.98. The predicted octanol–water partition coefficient (Wildman–Crippen LogP) is -0.0389. The van der Waals surface area contributed by atoms with E-state index in [-0.39, 0.29) is 11.5 Å². The van der Waals surface area contributed by atoms with Gasteiger partial charge in [0.15, 0.2) is 0 Å². The van der Waals surface area contributed by atoms with E-state index in [4.69, 9.17) is 5.84 Å². The van der Waals surface area contributed by atoms with Crippen molar-refractivity contribution in [3.63, 3.8) is 0 Å². The van der Waals surface area contributed by atoms with Gasteiger partial charge >= 0.3 is 0 Å². The van der Waals surface area contributed by atoms with Crippen LogP contribution in [0.4, 0.5) is 5.69 Å². The molecule has 7 heteroatoms. The van der Waals surface area contributed by atoms with Crippen molar-refractivity contribution in [3.8, 4) is 0 Å². The third-order valence-corrected chi connectivity index (χ3v) is 3.05. The highest BCUT2D eigenvalue weighted by Gasteiger charge is 2.05. The normalized spacial score (nSPS) is 10.2. The Labute approximate surface area is 122 Å². The highest BCUT2D eigenvalue weighted by molar-refractivity contribution is 5.93. The van der Waals surface area contributed by atoms with Gasteiger partial charge in [-0.25, -0.2) is 10.5 Å². The van der Waals surface area contributed by atoms with Gasteiger partial charge in [-0.3, -0.25) is 15.0 Å². The Balaban J connectivity index is 2.19. The van der Waals surface area contributed by atoms with E-state index in [9.17, 15) is 9.59 Å². The molecule has 0 saturated heterocycles. The van der Waals surface area contributed by atoms with Crippen LogP contribution in [0.25, 0.3) is 0 Å². The van der Waals surface area contributed by atoms with Crippen molar-refractivity contribution < 1.29 is 4.79 Å². The minimum absolute atomic E-state index is 0.176. The number of benzene rings is 1. The average molecular weight is 287 g/mol. The largest absolute Gasteiger partial charge is 0.376 e. The molecule has 0 saturated carbocycles. The van der Waals surface area contributed by atoms with Gasteiger partial charge in [-0.2, -0.15) is 5.10 Å². The van der Waals surface area contributed by atoms with E-state index in [1.54, 1.807) is 30.5 Å². The Morgan fingerprint density at radius 1 is 1.33 bits per heavy atom. The van der Waals surface area contributed by atoms with Gasteiger partial charge in [0.1, 0.15) is 0 Å². The molecule has 110 valence electrons. The van der Waals surface area contributed by atoms with Gasteiger partial charge in [-0.05, 0) is 17.7 Å². The Bertz CT molecular complexity index is 691. The first kappa shape index (κ1) is 14.7. The molecular weight excluding hydrogens is 270 g/mol. The number of carbonyl (C=O) groups is 1. The van der Waals surface area contributed by atoms with Gasteiger partial charge in [0.05, 0.1) is 18.4 Å². The van der Waals surface area contributed by atoms with Crippen LogP contribution >= 0.6 is 0 Å². The predicted molar refractivity (Wildman–Crippen MR) is 80.0 cm³/mol. The monoisotopic (exact) mass is 287 g/mol. The van der Waals surface area contributed by atoms with Crippen molar-refractivity contribution in [2.24, 2.45) is 5.84 Å². The summed E-state index contributed by atoms with van der Waals surface area (Å²) in [4.78, 5) is 25.1. The molecule has 1 aromatic heterocycles. The summed E-state index contributed by atoms with van der Waals surface area (Å²) < 4.78 is 1.37. The van der Waals surface area contributed by atoms with Crippen LogP contribution < -0.4 is 21.7 Å². The zero-order valence-electron chi connectivity index (χ0n) is 11.9. The lowest BCUT2D eigenvalue weighted by molar-refractivity contribution is 0.0953. The molecule has 2 rings (SSSR count). The van der Waals surface area contributed by atoms with Crippen LogP contribution in [0.2, 0.25) is 0 Å². The summed E-state index contributed by atoms with van der Waals surface area (Å²) in [6, 6.07) is 8.36. The van der Waals surface area contributed by atoms with Crippen molar-refractivity contribution in [2.45, 2.75) is 6.54 Å². The third kappa shape index (κ3) is 3.46. The summed E-state index contributed by atoms with van der Waals surface area (Å²) in [7, 11) is 3.70. The molecule has 1 amide bonds. The fraction of sp³-hybridized carbons (Fsp3) is 0.214. The second-order valence-electron chi connectivity index (χ2n) is 4.77. The second-order valence-corrected chi connectivity index (χ2v) is 4.77. The number of amides is 1. The maximum Gasteiger partial charge on any atom is 0.269 e. The number of aromatic nitrogens is 2. The minimum atomic E-state index is -0.354. The Hall–Kier alpha value is -2.67. The quantitative estimate of drug-likeness (QED) is 0.467. The molecule has 0 fully saturated rings. The maximum atomic E-state index is 12.0. The lowest BCUT2D eigenvalue weighted by atomic mass is 10.1. The van der Waals surface area contributed by atoms with Crippen LogP contribution in [-0.2, 0) is 6.54 Å². The van der Waals surface area contributed by atoms with Gasteiger partial charge < -0.3 is 4.90 Å². The third-order valence-electron chi connectivity index (χ3n) is 3.05. The van der Waals surface area contributed by atoms with Crippen molar-refractivity contribution >= 4 is 11.6 Å². The molecule has 0 atom stereocenters. The minimum Gasteiger partial charge on any atom is -0.376 e. The molecule has 0 radical (unpaired) electrons. The average Bonchev–Trinajstić information content (AvgIpc) is 2.49. The number of hydrazine groups is 1. The van der Waals surface area contributed by atoms with E-state index in [1.807, 2.05) is 19.0 Å². The molecule has 0 bridgehead atoms. The molecule has 0 aliphatic carbocycles. The van der Waals surface area contributed by atoms with Gasteiger partial charge in [0.25, 0.3) is 11.5 Å². The highest BCUT2D eigenvalue weighted by atomic mass is 16.2. The molecule has 7 nitrogen and oxygen atoms in total. The molecular formula is C14H17N5O2. The number of carbonyl (C=O) groups excluding carboxylic acids is 1. The molecule has 3 N–H and O–H groups in total. The first-order valence-electron chi connectivity index (χ1n) is 6.35. The summed E-state index contributed by atoms with van der Waals surface area (Å²) in [5.74, 6) is 4.71. The molecule has 21 heavy (non-hydrogen) atoms. The van der Waals surface area contributed by atoms with E-state index >= 15 is 0 Å². The van der Waals surface area contributed by atoms with Crippen molar-refractivity contribution in [1.82, 2.24) is 15.2 Å². The highest BCUT2D eigenvalue weighted by Crippen LogP contribution is 2.07. The van der Waals surface area contributed by atoms with Crippen LogP contribution in [0, 0.1) is 0 Å². The number of rotatable bonds is 4. The van der Waals surface area contributed by atoms with Crippen molar-refractivity contribution in [3.05, 3.63) is 58.0 Å². The SMILES string of the molecule is CN(C)c1cnn(Cc2ccc(C(=O)NN)cc2)c(=O)c1. The number of nitrogen functional groups attached to an aromatic ring is 1. The number of anilines is 1. The fourth-order valence-electron chi connectivity index (χ4n) is 1.81. The van der Waals surface area contributed by atoms with Crippen LogP contribution in [0.3, 0.4) is 0 Å². The summed E-state index contributed by atoms with van der Waals surface area (Å²) in [6.07, 6.45) is 1.64. The van der Waals surface area contributed by atoms with Crippen molar-refractivity contribution in [1.29, 1.82) is 0 Å². The van der Waals surface area contributed by atoms with E-state index in [1.165, 1.54) is 10.7 Å². The smallest absolute Gasteiger partial charge is 0.269 e. The Morgan fingerprint density at radius 2 is 2.00 bits per heavy atom. The number of nitrogens with zero attached hydrogens (tertiary/aromatic N) is 3. The number of nitrogens with two attached hydrogens (primary N) is 1. The summed E-state index contributed by atoms with van der Waals surface area (Å²) in [5, 5.41) is 4.13. The fourth-order valence-corrected chi connectivity index (χ4v) is 1.81. The number of hydrogen-bond donors (Lipinski definition) is 2. The summed E-state index contributed by atoms with van der Waals surface area (Å²) in [6.45, 7) is 0.344. The lowest BCUT2D eigenvalue weighted by Crippen LogP contribution is -2.30. The molecule has 0 spiro atoms. The molecule has 0 aliphatic rings. The second kappa shape index (κ2) is 6.19. The first-order chi connectivity index (χ1) is 10.0.